The van der Waals surface area contributed by atoms with Gasteiger partial charge in [-0.25, -0.2) is 0 Å². The van der Waals surface area contributed by atoms with E-state index in [2.05, 4.69) is 10.3 Å². The van der Waals surface area contributed by atoms with Gasteiger partial charge in [0, 0.05) is 0 Å². The van der Waals surface area contributed by atoms with E-state index >= 15 is 0 Å². The zero-order valence-corrected chi connectivity index (χ0v) is 11.7. The maximum Gasteiger partial charge on any atom is 0.256 e. The number of aliphatic imine (C=N–C) groups is 1. The Morgan fingerprint density at radius 2 is 2.19 bits per heavy atom. The lowest BCUT2D eigenvalue weighted by Crippen LogP contribution is -2.42. The number of nitrogens with one attached hydrogen (secondary N) is 1. The summed E-state index contributed by atoms with van der Waals surface area (Å²) in [6.07, 6.45) is 9.60. The second-order valence-corrected chi connectivity index (χ2v) is 5.46. The third kappa shape index (κ3) is 1.83. The lowest BCUT2D eigenvalue weighted by Gasteiger charge is -2.29. The minimum Gasteiger partial charge on any atom is -0.355 e. The molecule has 3 aliphatic rings. The standard InChI is InChI=1S/C17H15N3O/c1-11-5-4-6-12(9-11)16-17(21)20-14-8-3-2-7-13(14)18-10-15(20)19-16/h2-10,14,16,19H,1H3. The van der Waals surface area contributed by atoms with Crippen LogP contribution >= 0.6 is 0 Å². The van der Waals surface area contributed by atoms with E-state index in [1.54, 1.807) is 11.1 Å². The van der Waals surface area contributed by atoms with Crippen LogP contribution in [0.3, 0.4) is 0 Å². The minimum absolute atomic E-state index is 0.0733. The summed E-state index contributed by atoms with van der Waals surface area (Å²) in [6.45, 7) is 2.03. The van der Waals surface area contributed by atoms with E-state index in [1.807, 2.05) is 55.5 Å². The molecular formula is C17H15N3O. The number of hydrogen-bond donors (Lipinski definition) is 1. The van der Waals surface area contributed by atoms with Gasteiger partial charge in [-0.1, -0.05) is 48.1 Å². The Kier molecular flexibility index (Phi) is 2.57. The number of aryl methyl sites for hydroxylation is 1. The molecule has 4 heteroatoms. The normalized spacial score (nSPS) is 26.0. The number of benzene rings is 1. The molecule has 104 valence electrons. The Morgan fingerprint density at radius 1 is 1.29 bits per heavy atom. The minimum atomic E-state index is -0.329. The van der Waals surface area contributed by atoms with Gasteiger partial charge in [0.25, 0.3) is 5.91 Å². The van der Waals surface area contributed by atoms with E-state index in [1.165, 1.54) is 0 Å². The van der Waals surface area contributed by atoms with Crippen molar-refractivity contribution in [3.05, 3.63) is 71.7 Å². The highest BCUT2D eigenvalue weighted by atomic mass is 16.2. The van der Waals surface area contributed by atoms with E-state index in [-0.39, 0.29) is 18.0 Å². The molecule has 1 fully saturated rings. The van der Waals surface area contributed by atoms with E-state index in [0.717, 1.165) is 22.7 Å². The first-order valence-electron chi connectivity index (χ1n) is 7.03. The zero-order chi connectivity index (χ0) is 14.4. The number of allylic oxidation sites excluding steroid dienone is 2. The Labute approximate surface area is 123 Å². The van der Waals surface area contributed by atoms with Crippen LogP contribution in [0.15, 0.2) is 65.6 Å². The van der Waals surface area contributed by atoms with Crippen LogP contribution in [0, 0.1) is 6.92 Å². The van der Waals surface area contributed by atoms with Gasteiger partial charge in [-0.15, -0.1) is 0 Å². The second-order valence-electron chi connectivity index (χ2n) is 5.46. The molecule has 4 rings (SSSR count). The predicted molar refractivity (Wildman–Crippen MR) is 81.5 cm³/mol. The molecule has 1 aromatic rings. The Balaban J connectivity index is 1.71. The Hall–Kier alpha value is -2.62. The first kappa shape index (κ1) is 12.1. The monoisotopic (exact) mass is 277 g/mol. The van der Waals surface area contributed by atoms with Gasteiger partial charge in [-0.2, -0.15) is 0 Å². The molecule has 0 bridgehead atoms. The summed E-state index contributed by atoms with van der Waals surface area (Å²) in [5.74, 6) is 0.851. The summed E-state index contributed by atoms with van der Waals surface area (Å²) >= 11 is 0. The van der Waals surface area contributed by atoms with Gasteiger partial charge < -0.3 is 5.32 Å². The molecule has 1 amide bonds. The smallest absolute Gasteiger partial charge is 0.256 e. The highest BCUT2D eigenvalue weighted by Crippen LogP contribution is 2.32. The summed E-state index contributed by atoms with van der Waals surface area (Å²) < 4.78 is 0. The van der Waals surface area contributed by atoms with Gasteiger partial charge in [0.05, 0.1) is 18.0 Å². The molecule has 1 saturated heterocycles. The van der Waals surface area contributed by atoms with Crippen molar-refractivity contribution in [2.45, 2.75) is 19.0 Å². The van der Waals surface area contributed by atoms with E-state index in [9.17, 15) is 4.79 Å². The third-order valence-electron chi connectivity index (χ3n) is 4.00. The Bertz CT molecular complexity index is 742. The molecular weight excluding hydrogens is 262 g/mol. The van der Waals surface area contributed by atoms with Crippen molar-refractivity contribution < 1.29 is 4.79 Å². The van der Waals surface area contributed by atoms with Crippen LogP contribution in [0.25, 0.3) is 0 Å². The summed E-state index contributed by atoms with van der Waals surface area (Å²) in [4.78, 5) is 19.1. The molecule has 2 aliphatic heterocycles. The van der Waals surface area contributed by atoms with Crippen molar-refractivity contribution in [3.63, 3.8) is 0 Å². The average Bonchev–Trinajstić information content (AvgIpc) is 2.85. The van der Waals surface area contributed by atoms with Crippen molar-refractivity contribution in [2.24, 2.45) is 4.99 Å². The first-order chi connectivity index (χ1) is 10.2. The molecule has 0 aromatic heterocycles. The number of nitrogens with zero attached hydrogens (tertiary/aromatic N) is 2. The number of hydrogen-bond acceptors (Lipinski definition) is 3. The average molecular weight is 277 g/mol. The van der Waals surface area contributed by atoms with Crippen LogP contribution in [0.1, 0.15) is 17.2 Å². The molecule has 2 heterocycles. The van der Waals surface area contributed by atoms with E-state index in [0.29, 0.717) is 0 Å². The van der Waals surface area contributed by atoms with Crippen molar-refractivity contribution in [1.29, 1.82) is 0 Å². The molecule has 4 nitrogen and oxygen atoms in total. The zero-order valence-electron chi connectivity index (χ0n) is 11.7. The number of amides is 1. The maximum atomic E-state index is 12.8. The summed E-state index contributed by atoms with van der Waals surface area (Å²) in [6, 6.07) is 7.63. The van der Waals surface area contributed by atoms with Crippen molar-refractivity contribution >= 4 is 11.6 Å². The van der Waals surface area contributed by atoms with Gasteiger partial charge in [0.1, 0.15) is 11.9 Å². The number of carbonyl (C=O) groups excluding carboxylic acids is 1. The lowest BCUT2D eigenvalue weighted by atomic mass is 10.0. The van der Waals surface area contributed by atoms with Gasteiger partial charge in [-0.05, 0) is 18.6 Å². The van der Waals surface area contributed by atoms with Gasteiger partial charge in [0.2, 0.25) is 0 Å². The van der Waals surface area contributed by atoms with Gasteiger partial charge >= 0.3 is 0 Å². The van der Waals surface area contributed by atoms with E-state index < -0.39 is 0 Å². The molecule has 21 heavy (non-hydrogen) atoms. The third-order valence-corrected chi connectivity index (χ3v) is 4.00. The van der Waals surface area contributed by atoms with Crippen LogP contribution in [0.2, 0.25) is 0 Å². The van der Waals surface area contributed by atoms with Gasteiger partial charge in [0.15, 0.2) is 0 Å². The predicted octanol–water partition coefficient (Wildman–Crippen LogP) is 2.22. The fraction of sp³-hybridized carbons (Fsp3) is 0.176. The SMILES string of the molecule is Cc1cccc(C2NC3=CN=C4C=CC=CC4N3C2=O)c1. The summed E-state index contributed by atoms with van der Waals surface area (Å²) in [7, 11) is 0. The van der Waals surface area contributed by atoms with Crippen LogP contribution in [0.5, 0.6) is 0 Å². The molecule has 0 radical (unpaired) electrons. The van der Waals surface area contributed by atoms with Crippen LogP contribution < -0.4 is 5.32 Å². The largest absolute Gasteiger partial charge is 0.355 e. The molecule has 1 aromatic carbocycles. The van der Waals surface area contributed by atoms with Crippen LogP contribution in [0.4, 0.5) is 0 Å². The molecule has 1 aliphatic carbocycles. The highest BCUT2D eigenvalue weighted by molar-refractivity contribution is 6.06. The topological polar surface area (TPSA) is 44.7 Å². The summed E-state index contributed by atoms with van der Waals surface area (Å²) in [5, 5.41) is 3.29. The molecule has 2 atom stereocenters. The quantitative estimate of drug-likeness (QED) is 0.855. The fourth-order valence-corrected chi connectivity index (χ4v) is 2.99. The van der Waals surface area contributed by atoms with E-state index in [4.69, 9.17) is 0 Å². The van der Waals surface area contributed by atoms with Crippen molar-refractivity contribution in [3.8, 4) is 0 Å². The van der Waals surface area contributed by atoms with Crippen LogP contribution in [-0.2, 0) is 4.79 Å². The molecule has 0 saturated carbocycles. The number of rotatable bonds is 1. The number of fused-ring (bicyclic) bond motifs is 3. The second kappa shape index (κ2) is 4.45. The lowest BCUT2D eigenvalue weighted by molar-refractivity contribution is -0.128. The summed E-state index contributed by atoms with van der Waals surface area (Å²) in [5.41, 5.74) is 3.05. The van der Waals surface area contributed by atoms with Crippen molar-refractivity contribution in [1.82, 2.24) is 10.2 Å². The number of carbonyl (C=O) groups is 1. The first-order valence-corrected chi connectivity index (χ1v) is 7.03. The molecule has 2 unspecified atom stereocenters. The molecule has 0 spiro atoms. The molecule has 1 N–H and O–H groups in total. The highest BCUT2D eigenvalue weighted by Gasteiger charge is 2.42. The Morgan fingerprint density at radius 3 is 3.05 bits per heavy atom. The van der Waals surface area contributed by atoms with Crippen molar-refractivity contribution in [2.75, 3.05) is 0 Å². The maximum absolute atomic E-state index is 12.8. The van der Waals surface area contributed by atoms with Gasteiger partial charge in [-0.3, -0.25) is 14.7 Å². The van der Waals surface area contributed by atoms with Crippen LogP contribution in [-0.4, -0.2) is 22.6 Å². The fourth-order valence-electron chi connectivity index (χ4n) is 2.99.